The third kappa shape index (κ3) is 4.94. The molecule has 168 valence electrons. The molecular formula is C29H23NO4. The second-order valence-corrected chi connectivity index (χ2v) is 7.78. The molecule has 0 fully saturated rings. The number of hydrogen-bond acceptors (Lipinski definition) is 5. The minimum absolute atomic E-state index is 0.0163. The highest BCUT2D eigenvalue weighted by molar-refractivity contribution is 6.16. The number of hydrogen-bond donors (Lipinski definition) is 2. The fourth-order valence-electron chi connectivity index (χ4n) is 3.81. The molecule has 0 amide bonds. The first-order valence-electron chi connectivity index (χ1n) is 10.8. The molecule has 0 bridgehead atoms. The second kappa shape index (κ2) is 10.4. The first-order valence-corrected chi connectivity index (χ1v) is 10.8. The Labute approximate surface area is 197 Å². The van der Waals surface area contributed by atoms with Crippen LogP contribution in [-0.4, -0.2) is 28.0 Å². The maximum absolute atomic E-state index is 13.7. The van der Waals surface area contributed by atoms with Crippen molar-refractivity contribution in [3.05, 3.63) is 131 Å². The number of carbonyl (C=O) groups is 2. The molecule has 4 aromatic rings. The van der Waals surface area contributed by atoms with Crippen LogP contribution in [0.3, 0.4) is 0 Å². The average molecular weight is 450 g/mol. The van der Waals surface area contributed by atoms with E-state index >= 15 is 0 Å². The summed E-state index contributed by atoms with van der Waals surface area (Å²) >= 11 is 0. The quantitative estimate of drug-likeness (QED) is 0.207. The van der Waals surface area contributed by atoms with Gasteiger partial charge in [-0.1, -0.05) is 91.0 Å². The van der Waals surface area contributed by atoms with E-state index in [1.54, 1.807) is 97.1 Å². The van der Waals surface area contributed by atoms with Crippen molar-refractivity contribution in [2.24, 2.45) is 10.9 Å². The van der Waals surface area contributed by atoms with E-state index in [0.29, 0.717) is 22.3 Å². The van der Waals surface area contributed by atoms with Crippen molar-refractivity contribution in [2.75, 3.05) is 0 Å². The van der Waals surface area contributed by atoms with Crippen LogP contribution in [0.2, 0.25) is 0 Å². The van der Waals surface area contributed by atoms with Crippen molar-refractivity contribution >= 4 is 17.8 Å². The van der Waals surface area contributed by atoms with Gasteiger partial charge in [0.2, 0.25) is 0 Å². The van der Waals surface area contributed by atoms with E-state index in [1.807, 2.05) is 0 Å². The van der Waals surface area contributed by atoms with Gasteiger partial charge >= 0.3 is 0 Å². The van der Waals surface area contributed by atoms with Crippen LogP contribution in [0.1, 0.15) is 37.9 Å². The van der Waals surface area contributed by atoms with Crippen LogP contribution in [0.25, 0.3) is 0 Å². The van der Waals surface area contributed by atoms with Crippen molar-refractivity contribution in [1.82, 2.24) is 0 Å². The van der Waals surface area contributed by atoms with Crippen LogP contribution in [-0.2, 0) is 0 Å². The van der Waals surface area contributed by atoms with E-state index < -0.39 is 23.5 Å². The highest BCUT2D eigenvalue weighted by Crippen LogP contribution is 2.36. The number of rotatable bonds is 8. The molecule has 34 heavy (non-hydrogen) atoms. The number of Topliss-reactive ketones (excluding diaryl/α,β-unsaturated/α-hetero) is 2. The highest BCUT2D eigenvalue weighted by atomic mass is 16.3. The smallest absolute Gasteiger partial charge is 0.176 e. The van der Waals surface area contributed by atoms with Crippen molar-refractivity contribution in [2.45, 2.75) is 6.04 Å². The summed E-state index contributed by atoms with van der Waals surface area (Å²) in [4.78, 5) is 32.1. The molecule has 0 aliphatic heterocycles. The third-order valence-corrected chi connectivity index (χ3v) is 5.56. The number of nitrogens with zero attached hydrogens (tertiary/aromatic N) is 1. The van der Waals surface area contributed by atoms with Gasteiger partial charge in [0.25, 0.3) is 0 Å². The SMILES string of the molecule is O=C(c1ccccc1)C(C(=O)c1ccccc1)C(N=Cc1ccccc1O)c1ccccc1O. The van der Waals surface area contributed by atoms with Crippen molar-refractivity contribution in [3.63, 3.8) is 0 Å². The minimum Gasteiger partial charge on any atom is -0.508 e. The highest BCUT2D eigenvalue weighted by Gasteiger charge is 2.37. The molecule has 1 unspecified atom stereocenters. The molecule has 0 aliphatic rings. The van der Waals surface area contributed by atoms with Gasteiger partial charge in [0.1, 0.15) is 17.4 Å². The Morgan fingerprint density at radius 2 is 1.09 bits per heavy atom. The number of carbonyl (C=O) groups excluding carboxylic acids is 2. The largest absolute Gasteiger partial charge is 0.508 e. The summed E-state index contributed by atoms with van der Waals surface area (Å²) < 4.78 is 0. The summed E-state index contributed by atoms with van der Waals surface area (Å²) in [5.41, 5.74) is 1.51. The van der Waals surface area contributed by atoms with Crippen molar-refractivity contribution < 1.29 is 19.8 Å². The molecule has 0 saturated heterocycles. The number of para-hydroxylation sites is 2. The Hall–Kier alpha value is -4.51. The standard InChI is InChI=1S/C29H23NO4/c31-24-17-9-7-15-22(24)19-30-27(23-16-8-10-18-25(23)32)26(28(33)20-11-3-1-4-12-20)29(34)21-13-5-2-6-14-21/h1-19,26-27,31-32H. The zero-order chi connectivity index (χ0) is 23.9. The van der Waals surface area contributed by atoms with Gasteiger partial charge in [-0.05, 0) is 18.2 Å². The molecule has 0 heterocycles. The summed E-state index contributed by atoms with van der Waals surface area (Å²) in [6.07, 6.45) is 1.43. The molecule has 5 heteroatoms. The van der Waals surface area contributed by atoms with Gasteiger partial charge < -0.3 is 10.2 Å². The molecule has 2 N–H and O–H groups in total. The lowest BCUT2D eigenvalue weighted by Crippen LogP contribution is -2.30. The van der Waals surface area contributed by atoms with E-state index in [0.717, 1.165) is 0 Å². The molecule has 0 saturated carbocycles. The number of aromatic hydroxyl groups is 2. The topological polar surface area (TPSA) is 87.0 Å². The normalized spacial score (nSPS) is 12.0. The number of aliphatic imine (C=N–C) groups is 1. The Bertz CT molecular complexity index is 1260. The maximum atomic E-state index is 13.7. The Balaban J connectivity index is 1.88. The summed E-state index contributed by atoms with van der Waals surface area (Å²) in [7, 11) is 0. The number of phenolic OH excluding ortho intramolecular Hbond substituents is 2. The lowest BCUT2D eigenvalue weighted by atomic mass is 9.81. The molecule has 5 nitrogen and oxygen atoms in total. The van der Waals surface area contributed by atoms with Crippen LogP contribution in [0.5, 0.6) is 11.5 Å². The number of ketones is 2. The van der Waals surface area contributed by atoms with Gasteiger partial charge in [-0.2, -0.15) is 0 Å². The van der Waals surface area contributed by atoms with Crippen molar-refractivity contribution in [1.29, 1.82) is 0 Å². The third-order valence-electron chi connectivity index (χ3n) is 5.56. The summed E-state index contributed by atoms with van der Waals surface area (Å²) in [5, 5.41) is 20.8. The maximum Gasteiger partial charge on any atom is 0.176 e. The van der Waals surface area contributed by atoms with Crippen LogP contribution in [0.4, 0.5) is 0 Å². The molecule has 4 aromatic carbocycles. The van der Waals surface area contributed by atoms with Gasteiger partial charge in [0, 0.05) is 28.5 Å². The van der Waals surface area contributed by atoms with E-state index in [2.05, 4.69) is 4.99 Å². The van der Waals surface area contributed by atoms with Gasteiger partial charge in [0.15, 0.2) is 11.6 Å². The zero-order valence-corrected chi connectivity index (χ0v) is 18.3. The molecule has 0 spiro atoms. The minimum atomic E-state index is -1.24. The van der Waals surface area contributed by atoms with Crippen LogP contribution in [0, 0.1) is 5.92 Å². The number of benzene rings is 4. The lowest BCUT2D eigenvalue weighted by Gasteiger charge is -2.23. The van der Waals surface area contributed by atoms with Crippen LogP contribution >= 0.6 is 0 Å². The predicted molar refractivity (Wildman–Crippen MR) is 132 cm³/mol. The first-order chi connectivity index (χ1) is 16.6. The van der Waals surface area contributed by atoms with Crippen molar-refractivity contribution in [3.8, 4) is 11.5 Å². The van der Waals surface area contributed by atoms with Gasteiger partial charge in [-0.25, -0.2) is 0 Å². The fraction of sp³-hybridized carbons (Fsp3) is 0.0690. The van der Waals surface area contributed by atoms with E-state index in [1.165, 1.54) is 18.3 Å². The fourth-order valence-corrected chi connectivity index (χ4v) is 3.81. The molecule has 4 rings (SSSR count). The summed E-state index contributed by atoms with van der Waals surface area (Å²) in [5.74, 6) is -2.11. The summed E-state index contributed by atoms with van der Waals surface area (Å²) in [6.45, 7) is 0. The Morgan fingerprint density at radius 1 is 0.618 bits per heavy atom. The molecule has 0 aliphatic carbocycles. The van der Waals surface area contributed by atoms with Crippen LogP contribution in [0.15, 0.2) is 114 Å². The molecule has 1 atom stereocenters. The van der Waals surface area contributed by atoms with Gasteiger partial charge in [-0.3, -0.25) is 14.6 Å². The first kappa shape index (κ1) is 22.7. The zero-order valence-electron chi connectivity index (χ0n) is 18.3. The monoisotopic (exact) mass is 449 g/mol. The summed E-state index contributed by atoms with van der Waals surface area (Å²) in [6, 6.07) is 29.3. The molecule has 0 aromatic heterocycles. The Morgan fingerprint density at radius 3 is 1.62 bits per heavy atom. The van der Waals surface area contributed by atoms with E-state index in [9.17, 15) is 19.8 Å². The van der Waals surface area contributed by atoms with Crippen LogP contribution < -0.4 is 0 Å². The predicted octanol–water partition coefficient (Wildman–Crippen LogP) is 5.64. The lowest BCUT2D eigenvalue weighted by molar-refractivity contribution is 0.0784. The van der Waals surface area contributed by atoms with E-state index in [-0.39, 0.29) is 11.5 Å². The average Bonchev–Trinajstić information content (AvgIpc) is 2.88. The van der Waals surface area contributed by atoms with Gasteiger partial charge in [-0.15, -0.1) is 0 Å². The van der Waals surface area contributed by atoms with Gasteiger partial charge in [0.05, 0.1) is 6.04 Å². The molecule has 0 radical (unpaired) electrons. The second-order valence-electron chi connectivity index (χ2n) is 7.78. The Kier molecular flexibility index (Phi) is 6.94. The van der Waals surface area contributed by atoms with E-state index in [4.69, 9.17) is 0 Å². The molecular weight excluding hydrogens is 426 g/mol. The number of phenols is 2.